The van der Waals surface area contributed by atoms with E-state index in [0.29, 0.717) is 12.1 Å². The first-order valence-electron chi connectivity index (χ1n) is 6.48. The van der Waals surface area contributed by atoms with E-state index in [1.54, 1.807) is 0 Å². The van der Waals surface area contributed by atoms with Crippen LogP contribution in [0.25, 0.3) is 11.1 Å². The summed E-state index contributed by atoms with van der Waals surface area (Å²) in [7, 11) is 0. The molecule has 10 heteroatoms. The number of ether oxygens (including phenoxy) is 2. The molecule has 2 aromatic rings. The van der Waals surface area contributed by atoms with Gasteiger partial charge in [-0.3, -0.25) is 0 Å². The molecule has 0 aliphatic rings. The third-order valence-electron chi connectivity index (χ3n) is 2.92. The van der Waals surface area contributed by atoms with Crippen molar-refractivity contribution in [1.29, 1.82) is 0 Å². The Morgan fingerprint density at radius 1 is 0.800 bits per heavy atom. The average molecular weight is 372 g/mol. The fraction of sp³-hybridized carbons (Fsp3) is 0.200. The second kappa shape index (κ2) is 6.77. The highest BCUT2D eigenvalue weighted by Gasteiger charge is 2.32. The van der Waals surface area contributed by atoms with Crippen molar-refractivity contribution in [2.75, 3.05) is 0 Å². The summed E-state index contributed by atoms with van der Waals surface area (Å²) in [6, 6.07) is 5.86. The van der Waals surface area contributed by atoms with E-state index in [-0.39, 0.29) is 11.1 Å². The van der Waals surface area contributed by atoms with E-state index < -0.39 is 36.2 Å². The van der Waals surface area contributed by atoms with Crippen LogP contribution in [0.4, 0.5) is 35.1 Å². The number of benzene rings is 2. The smallest absolute Gasteiger partial charge is 0.434 e. The fourth-order valence-electron chi connectivity index (χ4n) is 1.97. The number of rotatable bonds is 4. The summed E-state index contributed by atoms with van der Waals surface area (Å²) in [5, 5.41) is 0. The monoisotopic (exact) mass is 372 g/mol. The Hall–Kier alpha value is -2.52. The lowest BCUT2D eigenvalue weighted by Gasteiger charge is -2.15. The van der Waals surface area contributed by atoms with Crippen LogP contribution in [0.5, 0.6) is 11.5 Å². The number of alkyl halides is 8. The van der Waals surface area contributed by atoms with E-state index in [1.807, 2.05) is 0 Å². The molecule has 2 nitrogen and oxygen atoms in total. The SMILES string of the molecule is FC(F)Oc1cc(C(F)(F)F)ccc1-c1ccc(OC(F)(F)F)cc1. The molecule has 25 heavy (non-hydrogen) atoms. The zero-order valence-corrected chi connectivity index (χ0v) is 12.0. The van der Waals surface area contributed by atoms with Gasteiger partial charge in [-0.15, -0.1) is 13.2 Å². The third kappa shape index (κ3) is 5.23. The molecule has 0 saturated heterocycles. The predicted octanol–water partition coefficient (Wildman–Crippen LogP) is 5.87. The quantitative estimate of drug-likeness (QED) is 0.625. The molecule has 0 N–H and O–H groups in total. The second-order valence-corrected chi connectivity index (χ2v) is 4.66. The third-order valence-corrected chi connectivity index (χ3v) is 2.92. The number of hydrogen-bond donors (Lipinski definition) is 0. The van der Waals surface area contributed by atoms with Gasteiger partial charge in [0.05, 0.1) is 5.56 Å². The Morgan fingerprint density at radius 2 is 1.40 bits per heavy atom. The molecule has 0 aliphatic carbocycles. The first-order valence-corrected chi connectivity index (χ1v) is 6.48. The zero-order chi connectivity index (χ0) is 18.8. The summed E-state index contributed by atoms with van der Waals surface area (Å²) in [6.45, 7) is -3.38. The van der Waals surface area contributed by atoms with E-state index in [1.165, 1.54) is 0 Å². The largest absolute Gasteiger partial charge is 0.573 e. The predicted molar refractivity (Wildman–Crippen MR) is 70.2 cm³/mol. The van der Waals surface area contributed by atoms with Crippen LogP contribution >= 0.6 is 0 Å². The van der Waals surface area contributed by atoms with Crippen LogP contribution in [0.1, 0.15) is 5.56 Å². The highest BCUT2D eigenvalue weighted by atomic mass is 19.4. The van der Waals surface area contributed by atoms with E-state index in [2.05, 4.69) is 9.47 Å². The maximum absolute atomic E-state index is 12.7. The van der Waals surface area contributed by atoms with Gasteiger partial charge in [-0.25, -0.2) is 0 Å². The molecule has 0 spiro atoms. The minimum atomic E-state index is -4.92. The second-order valence-electron chi connectivity index (χ2n) is 4.66. The Morgan fingerprint density at radius 3 is 1.88 bits per heavy atom. The summed E-state index contributed by atoms with van der Waals surface area (Å²) in [5.74, 6) is -1.33. The molecule has 0 saturated carbocycles. The Balaban J connectivity index is 2.40. The van der Waals surface area contributed by atoms with Gasteiger partial charge in [0.1, 0.15) is 11.5 Å². The van der Waals surface area contributed by atoms with Crippen LogP contribution < -0.4 is 9.47 Å². The van der Waals surface area contributed by atoms with Crippen LogP contribution in [-0.4, -0.2) is 13.0 Å². The van der Waals surface area contributed by atoms with Gasteiger partial charge in [0.2, 0.25) is 0 Å². The molecule has 0 atom stereocenters. The average Bonchev–Trinajstić information content (AvgIpc) is 2.45. The lowest BCUT2D eigenvalue weighted by Crippen LogP contribution is -2.16. The van der Waals surface area contributed by atoms with Gasteiger partial charge in [-0.1, -0.05) is 18.2 Å². The van der Waals surface area contributed by atoms with Gasteiger partial charge >= 0.3 is 19.2 Å². The highest BCUT2D eigenvalue weighted by Crippen LogP contribution is 2.38. The van der Waals surface area contributed by atoms with Crippen LogP contribution in [0.15, 0.2) is 42.5 Å². The summed E-state index contributed by atoms with van der Waals surface area (Å²) >= 11 is 0. The molecule has 2 aromatic carbocycles. The van der Waals surface area contributed by atoms with E-state index in [4.69, 9.17) is 0 Å². The lowest BCUT2D eigenvalue weighted by molar-refractivity contribution is -0.274. The fourth-order valence-corrected chi connectivity index (χ4v) is 1.97. The Labute approximate surface area is 135 Å². The van der Waals surface area contributed by atoms with Gasteiger partial charge in [0.15, 0.2) is 0 Å². The molecule has 0 unspecified atom stereocenters. The summed E-state index contributed by atoms with van der Waals surface area (Å²) < 4.78 is 107. The molecular weight excluding hydrogens is 364 g/mol. The van der Waals surface area contributed by atoms with Crippen molar-refractivity contribution >= 4 is 0 Å². The van der Waals surface area contributed by atoms with Crippen LogP contribution in [-0.2, 0) is 6.18 Å². The summed E-state index contributed by atoms with van der Waals surface area (Å²) in [4.78, 5) is 0. The minimum Gasteiger partial charge on any atom is -0.434 e. The maximum Gasteiger partial charge on any atom is 0.573 e. The first kappa shape index (κ1) is 18.8. The first-order chi connectivity index (χ1) is 11.5. The lowest BCUT2D eigenvalue weighted by atomic mass is 10.0. The van der Waals surface area contributed by atoms with Crippen LogP contribution in [0, 0.1) is 0 Å². The van der Waals surface area contributed by atoms with E-state index in [9.17, 15) is 35.1 Å². The van der Waals surface area contributed by atoms with E-state index in [0.717, 1.165) is 30.3 Å². The molecule has 0 fully saturated rings. The van der Waals surface area contributed by atoms with Crippen molar-refractivity contribution in [2.24, 2.45) is 0 Å². The van der Waals surface area contributed by atoms with Crippen LogP contribution in [0.3, 0.4) is 0 Å². The van der Waals surface area contributed by atoms with Gasteiger partial charge in [-0.05, 0) is 29.8 Å². The standard InChI is InChI=1S/C15H8F8O2/c16-13(17)24-12-7-9(14(18,19)20)3-6-11(12)8-1-4-10(5-2-8)25-15(21,22)23/h1-7,13H. The van der Waals surface area contributed by atoms with Crippen molar-refractivity contribution in [3.05, 3.63) is 48.0 Å². The number of halogens is 8. The highest BCUT2D eigenvalue weighted by molar-refractivity contribution is 5.71. The molecule has 0 heterocycles. The Kier molecular flexibility index (Phi) is 5.09. The Bertz CT molecular complexity index is 720. The van der Waals surface area contributed by atoms with Crippen molar-refractivity contribution in [3.63, 3.8) is 0 Å². The molecule has 136 valence electrons. The van der Waals surface area contributed by atoms with Crippen molar-refractivity contribution in [1.82, 2.24) is 0 Å². The minimum absolute atomic E-state index is 0.0684. The molecule has 0 amide bonds. The topological polar surface area (TPSA) is 18.5 Å². The molecular formula is C15H8F8O2. The van der Waals surface area contributed by atoms with Crippen molar-refractivity contribution in [3.8, 4) is 22.6 Å². The van der Waals surface area contributed by atoms with E-state index >= 15 is 0 Å². The van der Waals surface area contributed by atoms with Gasteiger partial charge < -0.3 is 9.47 Å². The van der Waals surface area contributed by atoms with Gasteiger partial charge in [0, 0.05) is 5.56 Å². The van der Waals surface area contributed by atoms with Gasteiger partial charge in [0.25, 0.3) is 0 Å². The van der Waals surface area contributed by atoms with Crippen molar-refractivity contribution < 1.29 is 44.6 Å². The van der Waals surface area contributed by atoms with Gasteiger partial charge in [-0.2, -0.15) is 22.0 Å². The molecule has 0 bridgehead atoms. The molecule has 2 rings (SSSR count). The van der Waals surface area contributed by atoms with Crippen LogP contribution in [0.2, 0.25) is 0 Å². The maximum atomic E-state index is 12.7. The number of hydrogen-bond acceptors (Lipinski definition) is 2. The molecule has 0 aromatic heterocycles. The summed E-state index contributed by atoms with van der Waals surface area (Å²) in [6.07, 6.45) is -9.69. The molecule has 0 radical (unpaired) electrons. The van der Waals surface area contributed by atoms with Crippen molar-refractivity contribution in [2.45, 2.75) is 19.2 Å². The summed E-state index contributed by atoms with van der Waals surface area (Å²) in [5.41, 5.74) is -1.28. The zero-order valence-electron chi connectivity index (χ0n) is 12.0. The normalized spacial score (nSPS) is 12.4. The molecule has 0 aliphatic heterocycles.